The van der Waals surface area contributed by atoms with E-state index in [0.717, 1.165) is 24.8 Å². The van der Waals surface area contributed by atoms with Gasteiger partial charge in [-0.25, -0.2) is 23.4 Å². The zero-order valence-corrected chi connectivity index (χ0v) is 23.2. The molecule has 1 aliphatic heterocycles. The molecule has 12 nitrogen and oxygen atoms in total. The zero-order chi connectivity index (χ0) is 27.3. The van der Waals surface area contributed by atoms with Crippen molar-refractivity contribution in [3.63, 3.8) is 0 Å². The lowest BCUT2D eigenvalue weighted by Gasteiger charge is -2.26. The van der Waals surface area contributed by atoms with E-state index >= 15 is 0 Å². The molecule has 0 aromatic carbocycles. The first-order valence-electron chi connectivity index (χ1n) is 12.7. The lowest BCUT2D eigenvalue weighted by molar-refractivity contribution is 0.00148. The van der Waals surface area contributed by atoms with Crippen molar-refractivity contribution < 1.29 is 22.6 Å². The molecular weight excluding hydrogens is 510 g/mol. The maximum absolute atomic E-state index is 13.7. The number of nitrogens with one attached hydrogen (secondary N) is 1. The minimum Gasteiger partial charge on any atom is -0.481 e. The monoisotopic (exact) mass is 545 g/mol. The van der Waals surface area contributed by atoms with E-state index in [9.17, 15) is 8.42 Å². The molecule has 206 valence electrons. The van der Waals surface area contributed by atoms with Gasteiger partial charge >= 0.3 is 0 Å². The van der Waals surface area contributed by atoms with Gasteiger partial charge in [0.25, 0.3) is 0 Å². The second-order valence-electron chi connectivity index (χ2n) is 9.59. The first kappa shape index (κ1) is 27.9. The lowest BCUT2D eigenvalue weighted by atomic mass is 10.1. The SMILES string of the molecule is COc1cccc(-c2nnc(NS(=O)(=O)C(C)C(OC(C)C)c3ncc(C)cn3)n2C[C@H]2CCCCO2)n1. The second kappa shape index (κ2) is 12.1. The average Bonchev–Trinajstić information content (AvgIpc) is 3.29. The van der Waals surface area contributed by atoms with E-state index in [1.165, 1.54) is 7.11 Å². The number of methoxy groups -OCH3 is 1. The summed E-state index contributed by atoms with van der Waals surface area (Å²) in [4.78, 5) is 13.1. The standard InChI is InChI=1S/C25H35N7O5S/c1-16(2)37-22(23-26-13-17(3)14-27-23)18(4)38(33,34)31-25-30-29-24(20-10-8-11-21(28-20)35-5)32(25)15-19-9-6-7-12-36-19/h8,10-11,13-14,16,18-19,22H,6-7,9,12,15H2,1-5H3,(H,30,31)/t18?,19-,22?/m1/s1. The van der Waals surface area contributed by atoms with Crippen LogP contribution in [0.1, 0.15) is 57.5 Å². The second-order valence-corrected chi connectivity index (χ2v) is 11.6. The molecule has 1 fully saturated rings. The van der Waals surface area contributed by atoms with Gasteiger partial charge in [-0.1, -0.05) is 6.07 Å². The van der Waals surface area contributed by atoms with E-state index in [4.69, 9.17) is 14.2 Å². The molecule has 0 bridgehead atoms. The Morgan fingerprint density at radius 2 is 1.92 bits per heavy atom. The van der Waals surface area contributed by atoms with E-state index in [-0.39, 0.29) is 18.2 Å². The fourth-order valence-electron chi connectivity index (χ4n) is 4.16. The van der Waals surface area contributed by atoms with Gasteiger partial charge in [0.1, 0.15) is 17.0 Å². The third kappa shape index (κ3) is 6.63. The quantitative estimate of drug-likeness (QED) is 0.381. The maximum Gasteiger partial charge on any atom is 0.240 e. The summed E-state index contributed by atoms with van der Waals surface area (Å²) in [5, 5.41) is 7.45. The summed E-state index contributed by atoms with van der Waals surface area (Å²) in [6.45, 7) is 8.11. The van der Waals surface area contributed by atoms with Crippen LogP contribution in [0.3, 0.4) is 0 Å². The Morgan fingerprint density at radius 3 is 2.58 bits per heavy atom. The molecule has 1 aliphatic rings. The Balaban J connectivity index is 1.67. The number of sulfonamides is 1. The van der Waals surface area contributed by atoms with Crippen molar-refractivity contribution in [2.24, 2.45) is 0 Å². The molecule has 1 saturated heterocycles. The zero-order valence-electron chi connectivity index (χ0n) is 22.4. The van der Waals surface area contributed by atoms with Gasteiger partial charge in [0.15, 0.2) is 11.6 Å². The maximum atomic E-state index is 13.7. The highest BCUT2D eigenvalue weighted by Gasteiger charge is 2.36. The molecule has 3 aromatic rings. The van der Waals surface area contributed by atoms with Crippen LogP contribution in [0.25, 0.3) is 11.5 Å². The highest BCUT2D eigenvalue weighted by molar-refractivity contribution is 7.93. The van der Waals surface area contributed by atoms with Gasteiger partial charge in [-0.05, 0) is 58.6 Å². The number of rotatable bonds is 11. The summed E-state index contributed by atoms with van der Waals surface area (Å²) in [5.74, 6) is 1.17. The van der Waals surface area contributed by atoms with Crippen molar-refractivity contribution in [3.05, 3.63) is 42.0 Å². The fraction of sp³-hybridized carbons (Fsp3) is 0.560. The number of hydrogen-bond donors (Lipinski definition) is 1. The van der Waals surface area contributed by atoms with Crippen LogP contribution in [0.2, 0.25) is 0 Å². The Hall–Kier alpha value is -3.16. The Kier molecular flexibility index (Phi) is 8.90. The molecule has 1 N–H and O–H groups in total. The van der Waals surface area contributed by atoms with Crippen molar-refractivity contribution in [2.45, 2.75) is 77.1 Å². The minimum absolute atomic E-state index is 0.0683. The smallest absolute Gasteiger partial charge is 0.240 e. The summed E-state index contributed by atoms with van der Waals surface area (Å²) in [5.41, 5.74) is 1.36. The summed E-state index contributed by atoms with van der Waals surface area (Å²) < 4.78 is 48.8. The Morgan fingerprint density at radius 1 is 1.16 bits per heavy atom. The molecule has 4 rings (SSSR count). The van der Waals surface area contributed by atoms with Crippen molar-refractivity contribution >= 4 is 16.0 Å². The number of anilines is 1. The molecule has 0 amide bonds. The summed E-state index contributed by atoms with van der Waals surface area (Å²) >= 11 is 0. The molecule has 0 saturated carbocycles. The first-order chi connectivity index (χ1) is 18.2. The lowest BCUT2D eigenvalue weighted by Crippen LogP contribution is -2.35. The molecule has 3 aromatic heterocycles. The van der Waals surface area contributed by atoms with Crippen LogP contribution >= 0.6 is 0 Å². The van der Waals surface area contributed by atoms with Crippen LogP contribution in [0.4, 0.5) is 5.95 Å². The van der Waals surface area contributed by atoms with Gasteiger partial charge in [-0.3, -0.25) is 9.29 Å². The minimum atomic E-state index is -4.03. The van der Waals surface area contributed by atoms with Gasteiger partial charge in [0.05, 0.1) is 25.9 Å². The topological polar surface area (TPSA) is 143 Å². The van der Waals surface area contributed by atoms with Crippen LogP contribution in [-0.4, -0.2) is 69.3 Å². The van der Waals surface area contributed by atoms with Crippen LogP contribution in [0.15, 0.2) is 30.6 Å². The van der Waals surface area contributed by atoms with Crippen LogP contribution in [-0.2, 0) is 26.0 Å². The number of hydrogen-bond acceptors (Lipinski definition) is 10. The number of pyridine rings is 1. The molecule has 3 atom stereocenters. The van der Waals surface area contributed by atoms with Gasteiger partial charge in [-0.2, -0.15) is 0 Å². The van der Waals surface area contributed by atoms with Crippen molar-refractivity contribution in [1.82, 2.24) is 29.7 Å². The van der Waals surface area contributed by atoms with E-state index in [2.05, 4.69) is 29.9 Å². The molecule has 4 heterocycles. The van der Waals surface area contributed by atoms with Gasteiger partial charge < -0.3 is 14.2 Å². The number of ether oxygens (including phenoxy) is 3. The van der Waals surface area contributed by atoms with Gasteiger partial charge in [0.2, 0.25) is 21.9 Å². The molecule has 0 spiro atoms. The van der Waals surface area contributed by atoms with E-state index in [1.807, 2.05) is 20.8 Å². The van der Waals surface area contributed by atoms with Gasteiger partial charge in [0, 0.05) is 25.1 Å². The molecule has 13 heteroatoms. The molecule has 38 heavy (non-hydrogen) atoms. The summed E-state index contributed by atoms with van der Waals surface area (Å²) in [7, 11) is -2.50. The Labute approximate surface area is 223 Å². The predicted octanol–water partition coefficient (Wildman–Crippen LogP) is 3.31. The number of aromatic nitrogens is 6. The summed E-state index contributed by atoms with van der Waals surface area (Å²) in [6.07, 6.45) is 4.90. The molecular formula is C25H35N7O5S. The van der Waals surface area contributed by atoms with Crippen molar-refractivity contribution in [1.29, 1.82) is 0 Å². The molecule has 2 unspecified atom stereocenters. The van der Waals surface area contributed by atoms with Crippen LogP contribution in [0, 0.1) is 6.92 Å². The summed E-state index contributed by atoms with van der Waals surface area (Å²) in [6, 6.07) is 5.29. The molecule has 0 aliphatic carbocycles. The normalized spacial score (nSPS) is 17.8. The average molecular weight is 546 g/mol. The third-order valence-corrected chi connectivity index (χ3v) is 7.89. The van der Waals surface area contributed by atoms with Crippen molar-refractivity contribution in [3.8, 4) is 17.4 Å². The third-order valence-electron chi connectivity index (χ3n) is 6.20. The van der Waals surface area contributed by atoms with E-state index < -0.39 is 21.4 Å². The van der Waals surface area contributed by atoms with Crippen LogP contribution < -0.4 is 9.46 Å². The van der Waals surface area contributed by atoms with Crippen molar-refractivity contribution in [2.75, 3.05) is 18.4 Å². The first-order valence-corrected chi connectivity index (χ1v) is 14.2. The fourth-order valence-corrected chi connectivity index (χ4v) is 5.26. The van der Waals surface area contributed by atoms with Crippen LogP contribution in [0.5, 0.6) is 5.88 Å². The number of aryl methyl sites for hydroxylation is 1. The molecule has 0 radical (unpaired) electrons. The predicted molar refractivity (Wildman–Crippen MR) is 141 cm³/mol. The van der Waals surface area contributed by atoms with E-state index in [0.29, 0.717) is 36.4 Å². The number of nitrogens with zero attached hydrogens (tertiary/aromatic N) is 6. The van der Waals surface area contributed by atoms with Gasteiger partial charge in [-0.15, -0.1) is 10.2 Å². The highest BCUT2D eigenvalue weighted by atomic mass is 32.2. The largest absolute Gasteiger partial charge is 0.481 e. The highest BCUT2D eigenvalue weighted by Crippen LogP contribution is 2.28. The van der Waals surface area contributed by atoms with E-state index in [1.54, 1.807) is 42.1 Å². The Bertz CT molecular complexity index is 1310.